The lowest BCUT2D eigenvalue weighted by Crippen LogP contribution is -2.52. The molecule has 2 saturated heterocycles. The quantitative estimate of drug-likeness (QED) is 0.662. The van der Waals surface area contributed by atoms with E-state index in [1.54, 1.807) is 22.5 Å². The number of piperidine rings is 2. The highest BCUT2D eigenvalue weighted by Gasteiger charge is 2.35. The van der Waals surface area contributed by atoms with Gasteiger partial charge in [0.05, 0.1) is 16.3 Å². The minimum absolute atomic E-state index is 0.0498. The van der Waals surface area contributed by atoms with Crippen LogP contribution < -0.4 is 4.90 Å². The van der Waals surface area contributed by atoms with Gasteiger partial charge in [0.2, 0.25) is 21.8 Å². The van der Waals surface area contributed by atoms with Gasteiger partial charge in [0.1, 0.15) is 6.54 Å². The monoisotopic (exact) mass is 479 g/mol. The molecule has 1 aromatic carbocycles. The number of carbonyl (C=O) groups is 2. The summed E-state index contributed by atoms with van der Waals surface area (Å²) in [7, 11) is -3.64. The predicted octanol–water partition coefficient (Wildman–Crippen LogP) is 3.34. The average Bonchev–Trinajstić information content (AvgIpc) is 2.75. The molecule has 0 aliphatic carbocycles. The first kappa shape index (κ1) is 23.6. The maximum atomic E-state index is 13.3. The summed E-state index contributed by atoms with van der Waals surface area (Å²) in [5.74, 6) is 0.547. The van der Waals surface area contributed by atoms with Gasteiger partial charge in [-0.2, -0.15) is 4.31 Å². The number of rotatable bonds is 4. The molecule has 3 aliphatic rings. The van der Waals surface area contributed by atoms with Gasteiger partial charge in [-0.3, -0.25) is 9.59 Å². The fourth-order valence-corrected chi connectivity index (χ4v) is 7.43. The highest BCUT2D eigenvalue weighted by Crippen LogP contribution is 2.38. The molecule has 0 unspecified atom stereocenters. The van der Waals surface area contributed by atoms with Crippen LogP contribution in [0.5, 0.6) is 0 Å². The summed E-state index contributed by atoms with van der Waals surface area (Å²) in [5, 5.41) is 0. The lowest BCUT2D eigenvalue weighted by Gasteiger charge is -2.40. The van der Waals surface area contributed by atoms with E-state index in [1.165, 1.54) is 16.7 Å². The van der Waals surface area contributed by atoms with E-state index in [-0.39, 0.29) is 41.1 Å². The molecule has 2 amide bonds. The zero-order valence-electron chi connectivity index (χ0n) is 19.1. The second-order valence-electron chi connectivity index (χ2n) is 9.41. The normalized spacial score (nSPS) is 25.7. The molecule has 9 heteroatoms. The number of sulfonamides is 1. The molecule has 3 aliphatic heterocycles. The summed E-state index contributed by atoms with van der Waals surface area (Å²) >= 11 is 1.39. The smallest absolute Gasteiger partial charge is 0.243 e. The van der Waals surface area contributed by atoms with E-state index in [2.05, 4.69) is 20.8 Å². The molecule has 0 saturated carbocycles. The molecule has 3 heterocycles. The van der Waals surface area contributed by atoms with Gasteiger partial charge in [0.15, 0.2) is 0 Å². The van der Waals surface area contributed by atoms with E-state index >= 15 is 0 Å². The maximum Gasteiger partial charge on any atom is 0.243 e. The largest absolute Gasteiger partial charge is 0.336 e. The van der Waals surface area contributed by atoms with E-state index in [0.717, 1.165) is 37.0 Å². The van der Waals surface area contributed by atoms with Crippen molar-refractivity contribution in [2.24, 2.45) is 5.92 Å². The molecule has 1 aromatic rings. The predicted molar refractivity (Wildman–Crippen MR) is 126 cm³/mol. The third-order valence-electron chi connectivity index (χ3n) is 7.03. The van der Waals surface area contributed by atoms with Crippen molar-refractivity contribution in [3.8, 4) is 0 Å². The van der Waals surface area contributed by atoms with Crippen molar-refractivity contribution in [2.75, 3.05) is 30.3 Å². The van der Waals surface area contributed by atoms with E-state index in [1.807, 2.05) is 4.90 Å². The molecule has 2 fully saturated rings. The van der Waals surface area contributed by atoms with Gasteiger partial charge in [-0.05, 0) is 70.1 Å². The van der Waals surface area contributed by atoms with E-state index in [4.69, 9.17) is 0 Å². The molecule has 0 bridgehead atoms. The van der Waals surface area contributed by atoms with Crippen molar-refractivity contribution in [1.29, 1.82) is 0 Å². The number of likely N-dealkylation sites (tertiary alicyclic amines) is 1. The Morgan fingerprint density at radius 2 is 1.72 bits per heavy atom. The van der Waals surface area contributed by atoms with Crippen LogP contribution in [-0.2, 0) is 19.6 Å². The number of nitrogens with zero attached hydrogens (tertiary/aromatic N) is 3. The topological polar surface area (TPSA) is 78.0 Å². The van der Waals surface area contributed by atoms with Gasteiger partial charge in [0.25, 0.3) is 0 Å². The van der Waals surface area contributed by atoms with E-state index in [0.29, 0.717) is 24.7 Å². The molecule has 0 spiro atoms. The van der Waals surface area contributed by atoms with E-state index < -0.39 is 10.0 Å². The van der Waals surface area contributed by atoms with Crippen LogP contribution >= 0.6 is 11.8 Å². The van der Waals surface area contributed by atoms with Gasteiger partial charge >= 0.3 is 0 Å². The van der Waals surface area contributed by atoms with Crippen LogP contribution in [0.1, 0.15) is 52.9 Å². The van der Waals surface area contributed by atoms with Crippen LogP contribution in [0.15, 0.2) is 28.0 Å². The first-order chi connectivity index (χ1) is 15.2. The second-order valence-corrected chi connectivity index (χ2v) is 12.4. The molecular weight excluding hydrogens is 446 g/mol. The number of fused-ring (bicyclic) bond motifs is 1. The number of anilines is 1. The Morgan fingerprint density at radius 3 is 2.38 bits per heavy atom. The number of hydrogen-bond donors (Lipinski definition) is 0. The zero-order chi connectivity index (χ0) is 23.0. The summed E-state index contributed by atoms with van der Waals surface area (Å²) in [4.78, 5) is 30.4. The molecule has 2 atom stereocenters. The second kappa shape index (κ2) is 9.35. The lowest BCUT2D eigenvalue weighted by atomic mass is 9.97. The lowest BCUT2D eigenvalue weighted by molar-refractivity contribution is -0.136. The van der Waals surface area contributed by atoms with Crippen LogP contribution in [-0.4, -0.2) is 66.9 Å². The van der Waals surface area contributed by atoms with Crippen LogP contribution in [0.4, 0.5) is 5.69 Å². The van der Waals surface area contributed by atoms with Gasteiger partial charge in [-0.15, -0.1) is 11.8 Å². The van der Waals surface area contributed by atoms with Crippen molar-refractivity contribution in [2.45, 2.75) is 74.7 Å². The highest BCUT2D eigenvalue weighted by atomic mass is 32.2. The highest BCUT2D eigenvalue weighted by molar-refractivity contribution is 8.00. The number of carbonyl (C=O) groups excluding carboxylic acids is 2. The molecule has 0 radical (unpaired) electrons. The Kier molecular flexibility index (Phi) is 6.89. The van der Waals surface area contributed by atoms with Crippen LogP contribution in [0.2, 0.25) is 0 Å². The van der Waals surface area contributed by atoms with Crippen LogP contribution in [0, 0.1) is 5.92 Å². The Hall–Kier alpha value is -1.58. The Balaban J connectivity index is 1.60. The minimum Gasteiger partial charge on any atom is -0.336 e. The summed E-state index contributed by atoms with van der Waals surface area (Å²) < 4.78 is 28.1. The van der Waals surface area contributed by atoms with Crippen molar-refractivity contribution in [3.05, 3.63) is 18.2 Å². The fourth-order valence-electron chi connectivity index (χ4n) is 5.02. The molecule has 176 valence electrons. The third kappa shape index (κ3) is 4.56. The van der Waals surface area contributed by atoms with E-state index in [9.17, 15) is 18.0 Å². The molecule has 0 aromatic heterocycles. The van der Waals surface area contributed by atoms with Gasteiger partial charge in [-0.25, -0.2) is 8.42 Å². The van der Waals surface area contributed by atoms with Gasteiger partial charge < -0.3 is 9.80 Å². The van der Waals surface area contributed by atoms with Crippen molar-refractivity contribution < 1.29 is 18.0 Å². The first-order valence-electron chi connectivity index (χ1n) is 11.6. The van der Waals surface area contributed by atoms with Gasteiger partial charge in [0, 0.05) is 30.1 Å². The Labute approximate surface area is 195 Å². The molecule has 0 N–H and O–H groups in total. The Morgan fingerprint density at radius 1 is 1.06 bits per heavy atom. The summed E-state index contributed by atoms with van der Waals surface area (Å²) in [6.07, 6.45) is 4.74. The molecular formula is C23H33N3O4S2. The third-order valence-corrected chi connectivity index (χ3v) is 9.97. The standard InChI is InChI=1S/C23H33N3O4S2/c1-16-9-11-24(12-10-16)32(29,30)19-7-8-21-20(13-19)25(23(28)15-31-21)14-22(27)26-17(2)5-4-6-18(26)3/h7-8,13,16-18H,4-6,9-12,14-15H2,1-3H3/t17-,18+. The zero-order valence-corrected chi connectivity index (χ0v) is 20.8. The molecule has 7 nitrogen and oxygen atoms in total. The van der Waals surface area contributed by atoms with Crippen molar-refractivity contribution in [1.82, 2.24) is 9.21 Å². The maximum absolute atomic E-state index is 13.3. The number of thioether (sulfide) groups is 1. The summed E-state index contributed by atoms with van der Waals surface area (Å²) in [6.45, 7) is 7.23. The minimum atomic E-state index is -3.64. The number of hydrogen-bond acceptors (Lipinski definition) is 5. The van der Waals surface area contributed by atoms with Gasteiger partial charge in [-0.1, -0.05) is 6.92 Å². The molecule has 32 heavy (non-hydrogen) atoms. The number of benzene rings is 1. The van der Waals surface area contributed by atoms with Crippen molar-refractivity contribution in [3.63, 3.8) is 0 Å². The van der Waals surface area contributed by atoms with Crippen molar-refractivity contribution >= 4 is 39.3 Å². The Bertz CT molecular complexity index is 979. The molecule has 4 rings (SSSR count). The summed E-state index contributed by atoms with van der Waals surface area (Å²) in [6, 6.07) is 5.28. The number of amides is 2. The first-order valence-corrected chi connectivity index (χ1v) is 14.0. The average molecular weight is 480 g/mol. The van der Waals surface area contributed by atoms with Crippen LogP contribution in [0.3, 0.4) is 0 Å². The fraction of sp³-hybridized carbons (Fsp3) is 0.652. The van der Waals surface area contributed by atoms with Crippen LogP contribution in [0.25, 0.3) is 0 Å². The summed E-state index contributed by atoms with van der Waals surface area (Å²) in [5.41, 5.74) is 0.531. The SMILES string of the molecule is CC1CCN(S(=O)(=O)c2ccc3c(c2)N(CC(=O)N2[C@H](C)CCC[C@@H]2C)C(=O)CS3)CC1.